The van der Waals surface area contributed by atoms with Crippen LogP contribution in [0.1, 0.15) is 0 Å². The van der Waals surface area contributed by atoms with E-state index in [4.69, 9.17) is 4.74 Å². The molecule has 0 saturated carbocycles. The number of benzene rings is 2. The van der Waals surface area contributed by atoms with Crippen molar-refractivity contribution in [2.45, 2.75) is 12.6 Å². The first-order valence-corrected chi connectivity index (χ1v) is 9.70. The fourth-order valence-corrected chi connectivity index (χ4v) is 3.96. The molecule has 0 spiro atoms. The van der Waals surface area contributed by atoms with Gasteiger partial charge >= 0.3 is 0 Å². The van der Waals surface area contributed by atoms with Crippen molar-refractivity contribution < 1.29 is 14.9 Å². The SMILES string of the molecule is COc1cccc(N2CCN(CC(O)Cn3cc(O)c4ccccc43)CC2)c1. The zero-order valence-corrected chi connectivity index (χ0v) is 16.2. The van der Waals surface area contributed by atoms with E-state index in [1.165, 1.54) is 5.69 Å². The molecular weight excluding hydrogens is 354 g/mol. The van der Waals surface area contributed by atoms with E-state index in [1.54, 1.807) is 13.3 Å². The number of piperazine rings is 1. The van der Waals surface area contributed by atoms with Gasteiger partial charge < -0.3 is 24.4 Å². The number of methoxy groups -OCH3 is 1. The molecule has 1 fully saturated rings. The lowest BCUT2D eigenvalue weighted by Gasteiger charge is -2.37. The summed E-state index contributed by atoms with van der Waals surface area (Å²) in [5.41, 5.74) is 2.12. The normalized spacial score (nSPS) is 16.4. The van der Waals surface area contributed by atoms with E-state index in [-0.39, 0.29) is 5.75 Å². The van der Waals surface area contributed by atoms with Gasteiger partial charge in [0.1, 0.15) is 11.5 Å². The van der Waals surface area contributed by atoms with E-state index in [9.17, 15) is 10.2 Å². The molecule has 3 aromatic rings. The molecule has 2 N–H and O–H groups in total. The molecule has 1 saturated heterocycles. The number of rotatable bonds is 6. The summed E-state index contributed by atoms with van der Waals surface area (Å²) in [6.07, 6.45) is 1.22. The van der Waals surface area contributed by atoms with Gasteiger partial charge in [-0.25, -0.2) is 0 Å². The molecule has 6 nitrogen and oxygen atoms in total. The van der Waals surface area contributed by atoms with Crippen LogP contribution in [-0.2, 0) is 6.54 Å². The number of nitrogens with zero attached hydrogens (tertiary/aromatic N) is 3. The summed E-state index contributed by atoms with van der Waals surface area (Å²) in [4.78, 5) is 4.65. The summed E-state index contributed by atoms with van der Waals surface area (Å²) in [6, 6.07) is 15.9. The molecule has 1 aliphatic rings. The third-order valence-electron chi connectivity index (χ3n) is 5.43. The molecule has 6 heteroatoms. The Morgan fingerprint density at radius 2 is 1.79 bits per heavy atom. The van der Waals surface area contributed by atoms with Crippen molar-refractivity contribution in [3.63, 3.8) is 0 Å². The van der Waals surface area contributed by atoms with Crippen molar-refractivity contribution in [2.75, 3.05) is 44.7 Å². The van der Waals surface area contributed by atoms with Gasteiger partial charge in [-0.05, 0) is 24.3 Å². The number of hydrogen-bond donors (Lipinski definition) is 2. The number of aromatic hydroxyl groups is 1. The maximum Gasteiger partial charge on any atom is 0.141 e. The highest BCUT2D eigenvalue weighted by Gasteiger charge is 2.20. The molecule has 1 atom stereocenters. The number of aromatic nitrogens is 1. The van der Waals surface area contributed by atoms with Crippen LogP contribution in [0, 0.1) is 0 Å². The van der Waals surface area contributed by atoms with Crippen LogP contribution in [0.5, 0.6) is 11.5 Å². The summed E-state index contributed by atoms with van der Waals surface area (Å²) in [7, 11) is 1.69. The van der Waals surface area contributed by atoms with Crippen LogP contribution in [0.2, 0.25) is 0 Å². The summed E-state index contributed by atoms with van der Waals surface area (Å²) < 4.78 is 7.25. The Hall–Kier alpha value is -2.70. The van der Waals surface area contributed by atoms with E-state index in [2.05, 4.69) is 21.9 Å². The minimum absolute atomic E-state index is 0.259. The molecule has 148 valence electrons. The van der Waals surface area contributed by atoms with Crippen LogP contribution in [0.15, 0.2) is 54.7 Å². The number of aliphatic hydroxyl groups excluding tert-OH is 1. The first-order chi connectivity index (χ1) is 13.6. The molecule has 1 aromatic heterocycles. The minimum Gasteiger partial charge on any atom is -0.506 e. The van der Waals surface area contributed by atoms with Crippen LogP contribution in [0.3, 0.4) is 0 Å². The Balaban J connectivity index is 1.33. The lowest BCUT2D eigenvalue weighted by molar-refractivity contribution is 0.0959. The van der Waals surface area contributed by atoms with Crippen molar-refractivity contribution in [1.82, 2.24) is 9.47 Å². The Morgan fingerprint density at radius 3 is 2.57 bits per heavy atom. The second-order valence-electron chi connectivity index (χ2n) is 7.33. The van der Waals surface area contributed by atoms with Gasteiger partial charge in [0.05, 0.1) is 18.7 Å². The van der Waals surface area contributed by atoms with Gasteiger partial charge in [-0.15, -0.1) is 0 Å². The highest BCUT2D eigenvalue weighted by Crippen LogP contribution is 2.27. The van der Waals surface area contributed by atoms with Crippen molar-refractivity contribution >= 4 is 16.6 Å². The molecule has 0 bridgehead atoms. The van der Waals surface area contributed by atoms with Gasteiger partial charge in [-0.3, -0.25) is 4.90 Å². The summed E-state index contributed by atoms with van der Waals surface area (Å²) in [5, 5.41) is 21.5. The standard InChI is InChI=1S/C22H27N3O3/c1-28-19-6-4-5-17(13-19)24-11-9-23(10-12-24)14-18(26)15-25-16-22(27)20-7-2-3-8-21(20)25/h2-8,13,16,18,26-27H,9-12,14-15H2,1H3. The molecule has 0 radical (unpaired) electrons. The van der Waals surface area contributed by atoms with Crippen molar-refractivity contribution in [3.05, 3.63) is 54.7 Å². The zero-order valence-electron chi connectivity index (χ0n) is 16.2. The van der Waals surface area contributed by atoms with Crippen LogP contribution in [0.4, 0.5) is 5.69 Å². The number of aliphatic hydroxyl groups is 1. The number of β-amino-alcohol motifs (C(OH)–C–C–N with tert-alkyl or cyclic N) is 1. The highest BCUT2D eigenvalue weighted by molar-refractivity contribution is 5.86. The number of hydrogen-bond acceptors (Lipinski definition) is 5. The summed E-state index contributed by atoms with van der Waals surface area (Å²) in [5.74, 6) is 1.13. The average molecular weight is 381 g/mol. The van der Waals surface area contributed by atoms with Gasteiger partial charge in [0.15, 0.2) is 0 Å². The van der Waals surface area contributed by atoms with Crippen LogP contribution >= 0.6 is 0 Å². The third kappa shape index (κ3) is 3.93. The fraction of sp³-hybridized carbons (Fsp3) is 0.364. The minimum atomic E-state index is -0.487. The number of ether oxygens (including phenoxy) is 1. The number of para-hydroxylation sites is 1. The molecule has 4 rings (SSSR count). The first-order valence-electron chi connectivity index (χ1n) is 9.70. The molecule has 0 aliphatic carbocycles. The van der Waals surface area contributed by atoms with Crippen LogP contribution in [0.25, 0.3) is 10.9 Å². The second-order valence-corrected chi connectivity index (χ2v) is 7.33. The number of anilines is 1. The van der Waals surface area contributed by atoms with E-state index in [0.29, 0.717) is 13.1 Å². The van der Waals surface area contributed by atoms with Gasteiger partial charge in [0.25, 0.3) is 0 Å². The number of fused-ring (bicyclic) bond motifs is 1. The fourth-order valence-electron chi connectivity index (χ4n) is 3.96. The summed E-state index contributed by atoms with van der Waals surface area (Å²) in [6.45, 7) is 4.76. The second kappa shape index (κ2) is 8.12. The quantitative estimate of drug-likeness (QED) is 0.687. The van der Waals surface area contributed by atoms with Gasteiger partial charge in [0, 0.05) is 62.6 Å². The smallest absolute Gasteiger partial charge is 0.141 e. The highest BCUT2D eigenvalue weighted by atomic mass is 16.5. The predicted molar refractivity (Wildman–Crippen MR) is 111 cm³/mol. The lowest BCUT2D eigenvalue weighted by atomic mass is 10.2. The average Bonchev–Trinajstić information content (AvgIpc) is 3.04. The van der Waals surface area contributed by atoms with E-state index in [0.717, 1.165) is 42.8 Å². The lowest BCUT2D eigenvalue weighted by Crippen LogP contribution is -2.49. The summed E-state index contributed by atoms with van der Waals surface area (Å²) >= 11 is 0. The van der Waals surface area contributed by atoms with Crippen molar-refractivity contribution in [3.8, 4) is 11.5 Å². The molecular formula is C22H27N3O3. The maximum absolute atomic E-state index is 10.6. The third-order valence-corrected chi connectivity index (χ3v) is 5.43. The van der Waals surface area contributed by atoms with Gasteiger partial charge in [-0.1, -0.05) is 18.2 Å². The van der Waals surface area contributed by atoms with Crippen LogP contribution < -0.4 is 9.64 Å². The Kier molecular flexibility index (Phi) is 5.41. The van der Waals surface area contributed by atoms with Gasteiger partial charge in [0.2, 0.25) is 0 Å². The molecule has 1 unspecified atom stereocenters. The van der Waals surface area contributed by atoms with E-state index < -0.39 is 6.10 Å². The van der Waals surface area contributed by atoms with Crippen LogP contribution in [-0.4, -0.2) is 65.6 Å². The molecule has 0 amide bonds. The zero-order chi connectivity index (χ0) is 19.5. The molecule has 2 heterocycles. The Morgan fingerprint density at radius 1 is 1.00 bits per heavy atom. The maximum atomic E-state index is 10.6. The first kappa shape index (κ1) is 18.7. The van der Waals surface area contributed by atoms with E-state index in [1.807, 2.05) is 41.0 Å². The molecule has 2 aromatic carbocycles. The van der Waals surface area contributed by atoms with Gasteiger partial charge in [-0.2, -0.15) is 0 Å². The predicted octanol–water partition coefficient (Wildman–Crippen LogP) is 2.54. The van der Waals surface area contributed by atoms with Crippen molar-refractivity contribution in [1.29, 1.82) is 0 Å². The monoisotopic (exact) mass is 381 g/mol. The Bertz CT molecular complexity index is 932. The van der Waals surface area contributed by atoms with E-state index >= 15 is 0 Å². The Labute approximate surface area is 165 Å². The van der Waals surface area contributed by atoms with Crippen molar-refractivity contribution in [2.24, 2.45) is 0 Å². The molecule has 28 heavy (non-hydrogen) atoms. The topological polar surface area (TPSA) is 61.1 Å². The molecule has 1 aliphatic heterocycles. The largest absolute Gasteiger partial charge is 0.506 e.